The van der Waals surface area contributed by atoms with Crippen LogP contribution in [0.5, 0.6) is 5.75 Å². The normalized spacial score (nSPS) is 10.6. The van der Waals surface area contributed by atoms with Crippen LogP contribution in [-0.4, -0.2) is 18.1 Å². The maximum atomic E-state index is 13.6. The van der Waals surface area contributed by atoms with Crippen LogP contribution in [0.15, 0.2) is 77.8 Å². The summed E-state index contributed by atoms with van der Waals surface area (Å²) in [5.74, 6) is -1.20. The van der Waals surface area contributed by atoms with Gasteiger partial charge in [0.15, 0.2) is 0 Å². The van der Waals surface area contributed by atoms with E-state index in [0.717, 1.165) is 11.3 Å². The van der Waals surface area contributed by atoms with Crippen molar-refractivity contribution in [1.82, 2.24) is 0 Å². The summed E-state index contributed by atoms with van der Waals surface area (Å²) in [7, 11) is 0. The van der Waals surface area contributed by atoms with Gasteiger partial charge < -0.3 is 10.1 Å². The SMILES string of the molecule is CC(=O)Nc1ccc(N=Cc2ccc(OC(=O)c3ccccc3F)cc2)cc1. The van der Waals surface area contributed by atoms with Crippen LogP contribution in [-0.2, 0) is 4.79 Å². The van der Waals surface area contributed by atoms with Crippen molar-refractivity contribution >= 4 is 29.5 Å². The van der Waals surface area contributed by atoms with Gasteiger partial charge in [0, 0.05) is 18.8 Å². The van der Waals surface area contributed by atoms with Crippen molar-refractivity contribution in [2.75, 3.05) is 5.32 Å². The van der Waals surface area contributed by atoms with Crippen molar-refractivity contribution in [2.24, 2.45) is 4.99 Å². The van der Waals surface area contributed by atoms with Gasteiger partial charge in [-0.15, -0.1) is 0 Å². The van der Waals surface area contributed by atoms with Crippen LogP contribution < -0.4 is 10.1 Å². The molecule has 140 valence electrons. The first kappa shape index (κ1) is 19.0. The van der Waals surface area contributed by atoms with Gasteiger partial charge in [-0.05, 0) is 66.2 Å². The lowest BCUT2D eigenvalue weighted by atomic mass is 10.2. The van der Waals surface area contributed by atoms with E-state index in [1.165, 1.54) is 25.1 Å². The monoisotopic (exact) mass is 376 g/mol. The Morgan fingerprint density at radius 2 is 1.64 bits per heavy atom. The van der Waals surface area contributed by atoms with Crippen LogP contribution in [0.2, 0.25) is 0 Å². The van der Waals surface area contributed by atoms with Crippen molar-refractivity contribution < 1.29 is 18.7 Å². The number of rotatable bonds is 5. The van der Waals surface area contributed by atoms with E-state index in [1.807, 2.05) is 0 Å². The number of carbonyl (C=O) groups is 2. The maximum absolute atomic E-state index is 13.6. The number of amides is 1. The molecule has 0 aliphatic rings. The number of anilines is 1. The van der Waals surface area contributed by atoms with Gasteiger partial charge in [-0.3, -0.25) is 9.79 Å². The molecule has 0 saturated heterocycles. The van der Waals surface area contributed by atoms with Gasteiger partial charge in [-0.25, -0.2) is 9.18 Å². The number of aliphatic imine (C=N–C) groups is 1. The number of nitrogens with one attached hydrogen (secondary N) is 1. The molecular formula is C22H17FN2O3. The van der Waals surface area contributed by atoms with Crippen LogP contribution >= 0.6 is 0 Å². The first-order valence-corrected chi connectivity index (χ1v) is 8.50. The van der Waals surface area contributed by atoms with Gasteiger partial charge in [-0.2, -0.15) is 0 Å². The fourth-order valence-electron chi connectivity index (χ4n) is 2.39. The summed E-state index contributed by atoms with van der Waals surface area (Å²) in [5, 5.41) is 2.69. The van der Waals surface area contributed by atoms with Gasteiger partial charge in [-0.1, -0.05) is 12.1 Å². The summed E-state index contributed by atoms with van der Waals surface area (Å²) in [5.41, 5.74) is 2.11. The largest absolute Gasteiger partial charge is 0.423 e. The van der Waals surface area contributed by atoms with Crippen LogP contribution in [0.4, 0.5) is 15.8 Å². The lowest BCUT2D eigenvalue weighted by molar-refractivity contribution is -0.114. The van der Waals surface area contributed by atoms with Crippen molar-refractivity contribution in [1.29, 1.82) is 0 Å². The summed E-state index contributed by atoms with van der Waals surface area (Å²) in [6, 6.07) is 19.4. The molecule has 0 unspecified atom stereocenters. The lowest BCUT2D eigenvalue weighted by Gasteiger charge is -2.05. The van der Waals surface area contributed by atoms with Gasteiger partial charge in [0.05, 0.1) is 11.3 Å². The van der Waals surface area contributed by atoms with Crippen molar-refractivity contribution in [3.63, 3.8) is 0 Å². The third-order valence-electron chi connectivity index (χ3n) is 3.73. The summed E-state index contributed by atoms with van der Waals surface area (Å²) in [4.78, 5) is 27.4. The number of hydrogen-bond donors (Lipinski definition) is 1. The Hall–Kier alpha value is -3.80. The van der Waals surface area contributed by atoms with Gasteiger partial charge in [0.1, 0.15) is 11.6 Å². The minimum atomic E-state index is -0.751. The number of nitrogens with zero attached hydrogens (tertiary/aromatic N) is 1. The average molecular weight is 376 g/mol. The third kappa shape index (κ3) is 5.11. The second-order valence-electron chi connectivity index (χ2n) is 5.92. The molecule has 0 radical (unpaired) electrons. The quantitative estimate of drug-likeness (QED) is 0.397. The summed E-state index contributed by atoms with van der Waals surface area (Å²) in [6.45, 7) is 1.45. The molecule has 1 amide bonds. The van der Waals surface area contributed by atoms with Gasteiger partial charge in [0.25, 0.3) is 0 Å². The first-order valence-electron chi connectivity index (χ1n) is 8.50. The van der Waals surface area contributed by atoms with Crippen LogP contribution in [0, 0.1) is 5.82 Å². The maximum Gasteiger partial charge on any atom is 0.346 e. The first-order chi connectivity index (χ1) is 13.5. The number of carbonyl (C=O) groups excluding carboxylic acids is 2. The van der Waals surface area contributed by atoms with E-state index < -0.39 is 11.8 Å². The number of ether oxygens (including phenoxy) is 1. The minimum absolute atomic E-state index is 0.115. The zero-order chi connectivity index (χ0) is 19.9. The second-order valence-corrected chi connectivity index (χ2v) is 5.92. The molecule has 1 N–H and O–H groups in total. The number of benzene rings is 3. The Bertz CT molecular complexity index is 1010. The molecule has 3 aromatic carbocycles. The summed E-state index contributed by atoms with van der Waals surface area (Å²) in [6.07, 6.45) is 1.66. The zero-order valence-corrected chi connectivity index (χ0v) is 15.1. The molecule has 0 atom stereocenters. The predicted octanol–water partition coefficient (Wildman–Crippen LogP) is 4.75. The summed E-state index contributed by atoms with van der Waals surface area (Å²) < 4.78 is 18.8. The van der Waals surface area contributed by atoms with Crippen molar-refractivity contribution in [3.8, 4) is 5.75 Å². The Morgan fingerprint density at radius 3 is 2.29 bits per heavy atom. The fraction of sp³-hybridized carbons (Fsp3) is 0.0455. The molecule has 0 fully saturated rings. The molecule has 0 aliphatic carbocycles. The van der Waals surface area contributed by atoms with Gasteiger partial charge >= 0.3 is 5.97 Å². The Kier molecular flexibility index (Phi) is 5.91. The fourth-order valence-corrected chi connectivity index (χ4v) is 2.39. The highest BCUT2D eigenvalue weighted by atomic mass is 19.1. The number of halogens is 1. The molecule has 0 aromatic heterocycles. The van der Waals surface area contributed by atoms with Crippen molar-refractivity contribution in [3.05, 3.63) is 89.7 Å². The molecule has 3 aromatic rings. The number of hydrogen-bond acceptors (Lipinski definition) is 4. The topological polar surface area (TPSA) is 67.8 Å². The van der Waals surface area contributed by atoms with Gasteiger partial charge in [0.2, 0.25) is 5.91 Å². The zero-order valence-electron chi connectivity index (χ0n) is 15.1. The molecule has 3 rings (SSSR count). The Balaban J connectivity index is 1.62. The predicted molar refractivity (Wildman–Crippen MR) is 106 cm³/mol. The molecule has 0 bridgehead atoms. The molecule has 28 heavy (non-hydrogen) atoms. The molecule has 5 nitrogen and oxygen atoms in total. The Morgan fingerprint density at radius 1 is 0.964 bits per heavy atom. The molecular weight excluding hydrogens is 359 g/mol. The van der Waals surface area contributed by atoms with Crippen molar-refractivity contribution in [2.45, 2.75) is 6.92 Å². The van der Waals surface area contributed by atoms with Crippen LogP contribution in [0.1, 0.15) is 22.8 Å². The molecule has 0 saturated carbocycles. The highest BCUT2D eigenvalue weighted by Crippen LogP contribution is 2.18. The second kappa shape index (κ2) is 8.73. The number of esters is 1. The van der Waals surface area contributed by atoms with E-state index >= 15 is 0 Å². The standard InChI is InChI=1S/C22H17FN2O3/c1-15(26)25-18-10-8-17(9-11-18)24-14-16-6-12-19(13-7-16)28-22(27)20-4-2-3-5-21(20)23/h2-14H,1H3,(H,25,26). The average Bonchev–Trinajstić information content (AvgIpc) is 2.68. The highest BCUT2D eigenvalue weighted by Gasteiger charge is 2.13. The van der Waals surface area contributed by atoms with E-state index in [1.54, 1.807) is 60.8 Å². The smallest absolute Gasteiger partial charge is 0.346 e. The summed E-state index contributed by atoms with van der Waals surface area (Å²) >= 11 is 0. The van der Waals surface area contributed by atoms with E-state index in [4.69, 9.17) is 4.74 Å². The van der Waals surface area contributed by atoms with E-state index in [9.17, 15) is 14.0 Å². The van der Waals surface area contributed by atoms with E-state index in [-0.39, 0.29) is 11.5 Å². The highest BCUT2D eigenvalue weighted by molar-refractivity contribution is 5.91. The minimum Gasteiger partial charge on any atom is -0.423 e. The van der Waals surface area contributed by atoms with E-state index in [2.05, 4.69) is 10.3 Å². The third-order valence-corrected chi connectivity index (χ3v) is 3.73. The van der Waals surface area contributed by atoms with E-state index in [0.29, 0.717) is 11.4 Å². The molecule has 0 spiro atoms. The molecule has 0 aliphatic heterocycles. The molecule has 0 heterocycles. The van der Waals surface area contributed by atoms with Crippen LogP contribution in [0.3, 0.4) is 0 Å². The lowest BCUT2D eigenvalue weighted by Crippen LogP contribution is -2.10. The van der Waals surface area contributed by atoms with Crippen LogP contribution in [0.25, 0.3) is 0 Å². The Labute approximate surface area is 161 Å². The molecule has 6 heteroatoms.